The normalized spacial score (nSPS) is 10.9. The zero-order valence-corrected chi connectivity index (χ0v) is 7.98. The third-order valence-corrected chi connectivity index (χ3v) is 1.43. The number of carbonyl (C=O) groups is 2. The highest BCUT2D eigenvalue weighted by atomic mass is 16.4. The molecule has 0 aromatic rings. The average molecular weight is 194 g/mol. The van der Waals surface area contributed by atoms with E-state index in [4.69, 9.17) is 5.11 Å². The van der Waals surface area contributed by atoms with Crippen molar-refractivity contribution in [1.82, 2.24) is 0 Å². The minimum Gasteiger partial charge on any atom is -0.481 e. The summed E-state index contributed by atoms with van der Waals surface area (Å²) in [5.74, 6) is -1.31. The van der Waals surface area contributed by atoms with Crippen molar-refractivity contribution < 1.29 is 14.7 Å². The fourth-order valence-electron chi connectivity index (χ4n) is 0.819. The highest BCUT2D eigenvalue weighted by Gasteiger charge is 2.05. The van der Waals surface area contributed by atoms with Crippen LogP contribution in [0.25, 0.3) is 0 Å². The summed E-state index contributed by atoms with van der Waals surface area (Å²) in [7, 11) is 0. The third kappa shape index (κ3) is 8.46. The maximum atomic E-state index is 10.9. The Bertz CT molecular complexity index is 262. The van der Waals surface area contributed by atoms with Gasteiger partial charge in [-0.3, -0.25) is 9.59 Å². The molecule has 0 rings (SSSR count). The maximum Gasteiger partial charge on any atom is 0.310 e. The van der Waals surface area contributed by atoms with Crippen LogP contribution in [0, 0.1) is 0 Å². The number of hydrogen-bond acceptors (Lipinski definition) is 2. The van der Waals surface area contributed by atoms with Crippen LogP contribution in [0.4, 0.5) is 0 Å². The number of aliphatic carboxylic acids is 1. The zero-order chi connectivity index (χ0) is 10.8. The summed E-state index contributed by atoms with van der Waals surface area (Å²) in [6.45, 7) is 3.50. The minimum atomic E-state index is -1.06. The fraction of sp³-hybridized carbons (Fsp3) is 0.273. The zero-order valence-electron chi connectivity index (χ0n) is 7.98. The first-order valence-corrected chi connectivity index (χ1v) is 4.34. The van der Waals surface area contributed by atoms with Gasteiger partial charge in [0.2, 0.25) is 0 Å². The number of Topliss-reactive ketones (excluding diaryl/α,β-unsaturated/α-hetero) is 1. The Morgan fingerprint density at radius 2 is 1.93 bits per heavy atom. The lowest BCUT2D eigenvalue weighted by Gasteiger charge is -1.92. The van der Waals surface area contributed by atoms with E-state index in [1.807, 2.05) is 6.08 Å². The van der Waals surface area contributed by atoms with Gasteiger partial charge in [0, 0.05) is 6.42 Å². The predicted octanol–water partition coefficient (Wildman–Crippen LogP) is 2.11. The number of carbonyl (C=O) groups excluding carboxylic acids is 1. The molecule has 0 radical (unpaired) electrons. The largest absolute Gasteiger partial charge is 0.481 e. The molecule has 0 aromatic heterocycles. The van der Waals surface area contributed by atoms with Crippen LogP contribution in [0.3, 0.4) is 0 Å². The van der Waals surface area contributed by atoms with Crippen molar-refractivity contribution in [3.63, 3.8) is 0 Å². The average Bonchev–Trinajstić information content (AvgIpc) is 2.10. The summed E-state index contributed by atoms with van der Waals surface area (Å²) >= 11 is 0. The lowest BCUT2D eigenvalue weighted by Crippen LogP contribution is -2.05. The van der Waals surface area contributed by atoms with E-state index in [1.54, 1.807) is 24.3 Å². The van der Waals surface area contributed by atoms with E-state index in [9.17, 15) is 9.59 Å². The van der Waals surface area contributed by atoms with Crippen LogP contribution >= 0.6 is 0 Å². The number of hydrogen-bond donors (Lipinski definition) is 1. The molecule has 1 N–H and O–H groups in total. The van der Waals surface area contributed by atoms with Gasteiger partial charge in [0.05, 0.1) is 0 Å². The van der Waals surface area contributed by atoms with Crippen molar-refractivity contribution in [3.05, 3.63) is 37.0 Å². The molecule has 0 aliphatic carbocycles. The van der Waals surface area contributed by atoms with Crippen LogP contribution in [0.2, 0.25) is 0 Å². The number of ketones is 1. The molecule has 76 valence electrons. The van der Waals surface area contributed by atoms with E-state index < -0.39 is 5.97 Å². The van der Waals surface area contributed by atoms with Gasteiger partial charge >= 0.3 is 5.97 Å². The molecule has 0 heterocycles. The molecule has 0 atom stereocenters. The van der Waals surface area contributed by atoms with Gasteiger partial charge in [0.1, 0.15) is 12.2 Å². The number of allylic oxidation sites excluding steroid dienone is 5. The second-order valence-corrected chi connectivity index (χ2v) is 2.70. The Morgan fingerprint density at radius 3 is 2.50 bits per heavy atom. The topological polar surface area (TPSA) is 54.4 Å². The summed E-state index contributed by atoms with van der Waals surface area (Å²) in [6.07, 6.45) is 9.33. The van der Waals surface area contributed by atoms with Gasteiger partial charge in [0.15, 0.2) is 0 Å². The molecular weight excluding hydrogens is 180 g/mol. The number of rotatable bonds is 7. The second kappa shape index (κ2) is 7.98. The predicted molar refractivity (Wildman–Crippen MR) is 55.0 cm³/mol. The van der Waals surface area contributed by atoms with Crippen molar-refractivity contribution >= 4 is 11.8 Å². The van der Waals surface area contributed by atoms with Crippen LogP contribution < -0.4 is 0 Å². The summed E-state index contributed by atoms with van der Waals surface area (Å²) in [6, 6.07) is 0. The number of carboxylic acids is 1. The van der Waals surface area contributed by atoms with Gasteiger partial charge in [-0.05, 0) is 6.42 Å². The molecule has 0 saturated heterocycles. The quantitative estimate of drug-likeness (QED) is 0.499. The number of carboxylic acid groups (broad SMARTS) is 1. The fourth-order valence-corrected chi connectivity index (χ4v) is 0.819. The van der Waals surface area contributed by atoms with E-state index in [0.717, 1.165) is 0 Å². The standard InChI is InChI=1S/C11H14O3/c1-2-3-4-5-6-7-8-10(12)9-11(13)14/h2-6H,1,7-9H2,(H,13,14). The van der Waals surface area contributed by atoms with Crippen molar-refractivity contribution in [2.24, 2.45) is 0 Å². The van der Waals surface area contributed by atoms with Crippen molar-refractivity contribution in [1.29, 1.82) is 0 Å². The summed E-state index contributed by atoms with van der Waals surface area (Å²) in [4.78, 5) is 21.0. The van der Waals surface area contributed by atoms with Gasteiger partial charge in [-0.15, -0.1) is 0 Å². The lowest BCUT2D eigenvalue weighted by molar-refractivity contribution is -0.140. The van der Waals surface area contributed by atoms with Gasteiger partial charge in [-0.25, -0.2) is 0 Å². The molecule has 0 saturated carbocycles. The molecule has 0 amide bonds. The van der Waals surface area contributed by atoms with E-state index in [0.29, 0.717) is 6.42 Å². The summed E-state index contributed by atoms with van der Waals surface area (Å²) < 4.78 is 0. The third-order valence-electron chi connectivity index (χ3n) is 1.43. The molecule has 0 aliphatic rings. The van der Waals surface area contributed by atoms with Crippen molar-refractivity contribution in [3.8, 4) is 0 Å². The monoisotopic (exact) mass is 194 g/mol. The Hall–Kier alpha value is -1.64. The van der Waals surface area contributed by atoms with E-state index in [-0.39, 0.29) is 18.6 Å². The second-order valence-electron chi connectivity index (χ2n) is 2.70. The van der Waals surface area contributed by atoms with Crippen LogP contribution in [-0.4, -0.2) is 16.9 Å². The molecule has 3 heteroatoms. The first-order valence-electron chi connectivity index (χ1n) is 4.34. The molecule has 0 fully saturated rings. The van der Waals surface area contributed by atoms with Gasteiger partial charge in [0.25, 0.3) is 0 Å². The Kier molecular flexibility index (Phi) is 7.05. The van der Waals surface area contributed by atoms with Crippen LogP contribution in [0.1, 0.15) is 19.3 Å². The SMILES string of the molecule is C=CC=CC=CCCC(=O)CC(=O)O. The van der Waals surface area contributed by atoms with E-state index in [2.05, 4.69) is 6.58 Å². The van der Waals surface area contributed by atoms with Crippen molar-refractivity contribution in [2.45, 2.75) is 19.3 Å². The lowest BCUT2D eigenvalue weighted by atomic mass is 10.1. The molecule has 0 aromatic carbocycles. The molecule has 14 heavy (non-hydrogen) atoms. The van der Waals surface area contributed by atoms with Gasteiger partial charge in [-0.1, -0.05) is 37.0 Å². The Balaban J connectivity index is 3.58. The molecule has 0 spiro atoms. The smallest absolute Gasteiger partial charge is 0.310 e. The van der Waals surface area contributed by atoms with E-state index >= 15 is 0 Å². The van der Waals surface area contributed by atoms with E-state index in [1.165, 1.54) is 0 Å². The maximum absolute atomic E-state index is 10.9. The molecule has 0 unspecified atom stereocenters. The Labute approximate surface area is 83.4 Å². The Morgan fingerprint density at radius 1 is 1.21 bits per heavy atom. The van der Waals surface area contributed by atoms with Crippen LogP contribution in [-0.2, 0) is 9.59 Å². The first-order chi connectivity index (χ1) is 6.66. The molecule has 0 aliphatic heterocycles. The highest BCUT2D eigenvalue weighted by Crippen LogP contribution is 1.96. The van der Waals surface area contributed by atoms with Crippen LogP contribution in [0.5, 0.6) is 0 Å². The molecular formula is C11H14O3. The summed E-state index contributed by atoms with van der Waals surface area (Å²) in [5.41, 5.74) is 0. The van der Waals surface area contributed by atoms with Gasteiger partial charge in [-0.2, -0.15) is 0 Å². The van der Waals surface area contributed by atoms with Gasteiger partial charge < -0.3 is 5.11 Å². The minimum absolute atomic E-state index is 0.241. The highest BCUT2D eigenvalue weighted by molar-refractivity contribution is 5.94. The first kappa shape index (κ1) is 12.4. The van der Waals surface area contributed by atoms with Crippen LogP contribution in [0.15, 0.2) is 37.0 Å². The molecule has 3 nitrogen and oxygen atoms in total. The molecule has 0 bridgehead atoms. The summed E-state index contributed by atoms with van der Waals surface area (Å²) in [5, 5.41) is 8.30. The van der Waals surface area contributed by atoms with Crippen molar-refractivity contribution in [2.75, 3.05) is 0 Å².